The fraction of sp³-hybridized carbons (Fsp3) is 0.143. The first-order chi connectivity index (χ1) is 8.20. The van der Waals surface area contributed by atoms with Crippen LogP contribution >= 0.6 is 0 Å². The molecule has 0 aliphatic rings. The smallest absolute Gasteiger partial charge is 0.115 e. The van der Waals surface area contributed by atoms with E-state index in [1.807, 2.05) is 36.4 Å². The van der Waals surface area contributed by atoms with E-state index in [4.69, 9.17) is 11.5 Å². The molecule has 0 amide bonds. The van der Waals surface area contributed by atoms with E-state index in [1.165, 1.54) is 0 Å². The van der Waals surface area contributed by atoms with Gasteiger partial charge in [-0.25, -0.2) is 0 Å². The van der Waals surface area contributed by atoms with Gasteiger partial charge >= 0.3 is 0 Å². The van der Waals surface area contributed by atoms with Crippen LogP contribution in [0.5, 0.6) is 5.75 Å². The van der Waals surface area contributed by atoms with Gasteiger partial charge in [-0.15, -0.1) is 0 Å². The van der Waals surface area contributed by atoms with E-state index < -0.39 is 0 Å². The van der Waals surface area contributed by atoms with Gasteiger partial charge in [0.2, 0.25) is 0 Å². The molecule has 0 heterocycles. The number of nitrogens with two attached hydrogens (primary N) is 2. The van der Waals surface area contributed by atoms with Crippen molar-refractivity contribution in [2.45, 2.75) is 6.04 Å². The number of phenolic OH excluding ortho intramolecular Hbond substituents is 1. The molecule has 0 saturated carbocycles. The Bertz CT molecular complexity index is 477. The van der Waals surface area contributed by atoms with Crippen molar-refractivity contribution in [1.82, 2.24) is 0 Å². The van der Waals surface area contributed by atoms with Crippen LogP contribution in [0.1, 0.15) is 11.6 Å². The highest BCUT2D eigenvalue weighted by Gasteiger charge is 2.03. The van der Waals surface area contributed by atoms with Crippen LogP contribution in [0.3, 0.4) is 0 Å². The van der Waals surface area contributed by atoms with Crippen molar-refractivity contribution < 1.29 is 5.11 Å². The molecule has 0 aliphatic carbocycles. The lowest BCUT2D eigenvalue weighted by Gasteiger charge is -2.10. The molecule has 1 atom stereocenters. The van der Waals surface area contributed by atoms with Crippen molar-refractivity contribution in [1.29, 1.82) is 0 Å². The second-order valence-corrected chi connectivity index (χ2v) is 4.01. The standard InChI is InChI=1S/C14H16N2O/c15-9-14(16)12-3-1-10(2-4-12)11-5-7-13(17)8-6-11/h1-8,14,17H,9,15-16H2. The zero-order valence-corrected chi connectivity index (χ0v) is 9.51. The summed E-state index contributed by atoms with van der Waals surface area (Å²) in [5.74, 6) is 0.274. The van der Waals surface area contributed by atoms with E-state index in [0.29, 0.717) is 6.54 Å². The maximum atomic E-state index is 9.22. The molecule has 1 unspecified atom stereocenters. The number of aromatic hydroxyl groups is 1. The van der Waals surface area contributed by atoms with Crippen molar-refractivity contribution >= 4 is 0 Å². The van der Waals surface area contributed by atoms with Gasteiger partial charge in [0.15, 0.2) is 0 Å². The van der Waals surface area contributed by atoms with Crippen LogP contribution in [0.4, 0.5) is 0 Å². The molecule has 0 spiro atoms. The van der Waals surface area contributed by atoms with E-state index in [1.54, 1.807) is 12.1 Å². The second-order valence-electron chi connectivity index (χ2n) is 4.01. The molecule has 5 N–H and O–H groups in total. The van der Waals surface area contributed by atoms with E-state index in [-0.39, 0.29) is 11.8 Å². The van der Waals surface area contributed by atoms with Gasteiger partial charge in [-0.1, -0.05) is 36.4 Å². The molecule has 0 bridgehead atoms. The molecular weight excluding hydrogens is 212 g/mol. The van der Waals surface area contributed by atoms with E-state index in [0.717, 1.165) is 16.7 Å². The van der Waals surface area contributed by atoms with Crippen LogP contribution in [0, 0.1) is 0 Å². The topological polar surface area (TPSA) is 72.3 Å². The molecule has 0 saturated heterocycles. The third kappa shape index (κ3) is 2.64. The number of hydrogen-bond acceptors (Lipinski definition) is 3. The Balaban J connectivity index is 2.26. The zero-order chi connectivity index (χ0) is 12.3. The summed E-state index contributed by atoms with van der Waals surface area (Å²) in [7, 11) is 0. The largest absolute Gasteiger partial charge is 0.508 e. The van der Waals surface area contributed by atoms with Crippen molar-refractivity contribution in [2.75, 3.05) is 6.54 Å². The monoisotopic (exact) mass is 228 g/mol. The molecule has 88 valence electrons. The number of hydrogen-bond donors (Lipinski definition) is 3. The van der Waals surface area contributed by atoms with Gasteiger partial charge in [0.1, 0.15) is 5.75 Å². The summed E-state index contributed by atoms with van der Waals surface area (Å²) in [6.07, 6.45) is 0. The normalized spacial score (nSPS) is 12.4. The van der Waals surface area contributed by atoms with Crippen LogP contribution in [-0.2, 0) is 0 Å². The van der Waals surface area contributed by atoms with Gasteiger partial charge < -0.3 is 16.6 Å². The zero-order valence-electron chi connectivity index (χ0n) is 9.51. The maximum Gasteiger partial charge on any atom is 0.115 e. The van der Waals surface area contributed by atoms with Crippen LogP contribution in [0.2, 0.25) is 0 Å². The minimum Gasteiger partial charge on any atom is -0.508 e. The SMILES string of the molecule is NCC(N)c1ccc(-c2ccc(O)cc2)cc1. The molecule has 0 aliphatic heterocycles. The Kier molecular flexibility index (Phi) is 3.42. The Morgan fingerprint density at radius 1 is 0.882 bits per heavy atom. The fourth-order valence-electron chi connectivity index (χ4n) is 1.71. The summed E-state index contributed by atoms with van der Waals surface area (Å²) in [5, 5.41) is 9.22. The van der Waals surface area contributed by atoms with Gasteiger partial charge in [-0.05, 0) is 28.8 Å². The summed E-state index contributed by atoms with van der Waals surface area (Å²) in [4.78, 5) is 0. The predicted molar refractivity (Wildman–Crippen MR) is 69.5 cm³/mol. The molecule has 2 rings (SSSR count). The van der Waals surface area contributed by atoms with Gasteiger partial charge in [0.05, 0.1) is 0 Å². The Hall–Kier alpha value is -1.84. The van der Waals surface area contributed by atoms with E-state index >= 15 is 0 Å². The Morgan fingerprint density at radius 3 is 1.82 bits per heavy atom. The maximum absolute atomic E-state index is 9.22. The number of rotatable bonds is 3. The minimum absolute atomic E-state index is 0.108. The third-order valence-electron chi connectivity index (χ3n) is 2.79. The number of benzene rings is 2. The summed E-state index contributed by atoms with van der Waals surface area (Å²) < 4.78 is 0. The molecular formula is C14H16N2O. The van der Waals surface area contributed by atoms with Gasteiger partial charge in [-0.2, -0.15) is 0 Å². The first kappa shape index (κ1) is 11.6. The van der Waals surface area contributed by atoms with Crippen LogP contribution in [-0.4, -0.2) is 11.7 Å². The molecule has 0 aromatic heterocycles. The molecule has 3 heteroatoms. The Morgan fingerprint density at radius 2 is 1.35 bits per heavy atom. The molecule has 17 heavy (non-hydrogen) atoms. The van der Waals surface area contributed by atoms with Crippen LogP contribution in [0.15, 0.2) is 48.5 Å². The first-order valence-corrected chi connectivity index (χ1v) is 5.55. The van der Waals surface area contributed by atoms with Gasteiger partial charge in [0.25, 0.3) is 0 Å². The Labute approximate surface area is 101 Å². The van der Waals surface area contributed by atoms with Crippen molar-refractivity contribution in [3.8, 4) is 16.9 Å². The highest BCUT2D eigenvalue weighted by atomic mass is 16.3. The average molecular weight is 228 g/mol. The summed E-state index contributed by atoms with van der Waals surface area (Å²) in [6, 6.07) is 15.0. The van der Waals surface area contributed by atoms with Crippen molar-refractivity contribution in [3.05, 3.63) is 54.1 Å². The second kappa shape index (κ2) is 4.99. The first-order valence-electron chi connectivity index (χ1n) is 5.55. The molecule has 0 fully saturated rings. The molecule has 3 nitrogen and oxygen atoms in total. The van der Waals surface area contributed by atoms with Crippen molar-refractivity contribution in [3.63, 3.8) is 0 Å². The lowest BCUT2D eigenvalue weighted by Crippen LogP contribution is -2.20. The van der Waals surface area contributed by atoms with E-state index in [9.17, 15) is 5.11 Å². The summed E-state index contributed by atoms with van der Waals surface area (Å²) in [5.41, 5.74) is 14.6. The van der Waals surface area contributed by atoms with Gasteiger partial charge in [-0.3, -0.25) is 0 Å². The highest BCUT2D eigenvalue weighted by molar-refractivity contribution is 5.64. The lowest BCUT2D eigenvalue weighted by molar-refractivity contribution is 0.475. The highest BCUT2D eigenvalue weighted by Crippen LogP contribution is 2.23. The minimum atomic E-state index is -0.108. The third-order valence-corrected chi connectivity index (χ3v) is 2.79. The fourth-order valence-corrected chi connectivity index (χ4v) is 1.71. The quantitative estimate of drug-likeness (QED) is 0.752. The lowest BCUT2D eigenvalue weighted by atomic mass is 10.0. The molecule has 0 radical (unpaired) electrons. The predicted octanol–water partition coefficient (Wildman–Crippen LogP) is 2.02. The summed E-state index contributed by atoms with van der Waals surface area (Å²) >= 11 is 0. The summed E-state index contributed by atoms with van der Waals surface area (Å²) in [6.45, 7) is 0.443. The van der Waals surface area contributed by atoms with Crippen LogP contribution in [0.25, 0.3) is 11.1 Å². The molecule has 2 aromatic rings. The van der Waals surface area contributed by atoms with E-state index in [2.05, 4.69) is 0 Å². The molecule has 2 aromatic carbocycles. The number of phenols is 1. The van der Waals surface area contributed by atoms with Crippen molar-refractivity contribution in [2.24, 2.45) is 11.5 Å². The van der Waals surface area contributed by atoms with Crippen LogP contribution < -0.4 is 11.5 Å². The van der Waals surface area contributed by atoms with Gasteiger partial charge in [0, 0.05) is 12.6 Å². The average Bonchev–Trinajstić information content (AvgIpc) is 2.39.